The van der Waals surface area contributed by atoms with Gasteiger partial charge in [-0.25, -0.2) is 9.78 Å². The van der Waals surface area contributed by atoms with E-state index < -0.39 is 5.60 Å². The predicted molar refractivity (Wildman–Crippen MR) is 118 cm³/mol. The Morgan fingerprint density at radius 3 is 2.76 bits per heavy atom. The number of fused-ring (bicyclic) bond motifs is 1. The quantitative estimate of drug-likeness (QED) is 0.551. The first-order valence-electron chi connectivity index (χ1n) is 9.13. The van der Waals surface area contributed by atoms with E-state index in [9.17, 15) is 4.79 Å². The fourth-order valence-electron chi connectivity index (χ4n) is 2.65. The fraction of sp³-hybridized carbons (Fsp3) is 0.350. The lowest BCUT2D eigenvalue weighted by atomic mass is 10.1. The van der Waals surface area contributed by atoms with E-state index in [1.807, 2.05) is 51.1 Å². The molecule has 0 aliphatic heterocycles. The molecule has 3 aromatic rings. The van der Waals surface area contributed by atoms with E-state index in [2.05, 4.69) is 31.3 Å². The Bertz CT molecular complexity index is 1030. The molecule has 2 aromatic heterocycles. The minimum atomic E-state index is -0.527. The van der Waals surface area contributed by atoms with Crippen molar-refractivity contribution in [3.63, 3.8) is 0 Å². The molecule has 0 spiro atoms. The summed E-state index contributed by atoms with van der Waals surface area (Å²) in [5.74, 6) is 0.744. The van der Waals surface area contributed by atoms with E-state index in [0.29, 0.717) is 23.8 Å². The molecule has 1 N–H and O–H groups in total. The van der Waals surface area contributed by atoms with Gasteiger partial charge in [-0.05, 0) is 42.8 Å². The van der Waals surface area contributed by atoms with E-state index in [-0.39, 0.29) is 6.09 Å². The first-order chi connectivity index (χ1) is 13.7. The maximum absolute atomic E-state index is 12.1. The van der Waals surface area contributed by atoms with Crippen molar-refractivity contribution in [2.75, 3.05) is 25.5 Å². The molecule has 0 bridgehead atoms. The van der Waals surface area contributed by atoms with E-state index in [0.717, 1.165) is 21.5 Å². The highest BCUT2D eigenvalue weighted by Gasteiger charge is 2.19. The predicted octanol–water partition coefficient (Wildman–Crippen LogP) is 5.09. The third-order valence-corrected chi connectivity index (χ3v) is 4.93. The molecule has 7 nitrogen and oxygen atoms in total. The van der Waals surface area contributed by atoms with Gasteiger partial charge in [-0.1, -0.05) is 29.8 Å². The van der Waals surface area contributed by atoms with Gasteiger partial charge in [0.25, 0.3) is 0 Å². The maximum Gasteiger partial charge on any atom is 0.410 e. The summed E-state index contributed by atoms with van der Waals surface area (Å²) in [6.07, 6.45) is 1.33. The normalized spacial score (nSPS) is 11.5. The standard InChI is InChI=1S/C20H23BrClN5O2/c1-20(2,3)29-19(28)26(4)10-9-23-17-11-16(13-7-5-6-8-15(13)22)25-18-14(21)12-24-27(17)18/h5-8,11-12,23H,9-10H2,1-4H3. The Kier molecular flexibility index (Phi) is 6.33. The van der Waals surface area contributed by atoms with Gasteiger partial charge < -0.3 is 15.0 Å². The molecule has 3 rings (SSSR count). The van der Waals surface area contributed by atoms with Crippen LogP contribution in [0.15, 0.2) is 41.0 Å². The van der Waals surface area contributed by atoms with Gasteiger partial charge in [-0.15, -0.1) is 0 Å². The van der Waals surface area contributed by atoms with Gasteiger partial charge >= 0.3 is 6.09 Å². The number of halogens is 2. The Balaban J connectivity index is 1.80. The molecular formula is C20H23BrClN5O2. The largest absolute Gasteiger partial charge is 0.444 e. The number of benzene rings is 1. The zero-order valence-corrected chi connectivity index (χ0v) is 19.1. The smallest absolute Gasteiger partial charge is 0.410 e. The summed E-state index contributed by atoms with van der Waals surface area (Å²) in [6.45, 7) is 6.50. The number of ether oxygens (including phenoxy) is 1. The zero-order chi connectivity index (χ0) is 21.2. The summed E-state index contributed by atoms with van der Waals surface area (Å²) in [7, 11) is 1.71. The highest BCUT2D eigenvalue weighted by atomic mass is 79.9. The van der Waals surface area contributed by atoms with Crippen LogP contribution in [0.4, 0.5) is 10.6 Å². The lowest BCUT2D eigenvalue weighted by Crippen LogP contribution is -2.36. The van der Waals surface area contributed by atoms with Gasteiger partial charge in [-0.2, -0.15) is 9.61 Å². The van der Waals surface area contributed by atoms with Gasteiger partial charge in [0.05, 0.1) is 16.4 Å². The molecule has 1 aromatic carbocycles. The zero-order valence-electron chi connectivity index (χ0n) is 16.7. The van der Waals surface area contributed by atoms with Crippen LogP contribution in [-0.2, 0) is 4.74 Å². The molecule has 0 fully saturated rings. The number of hydrogen-bond acceptors (Lipinski definition) is 5. The summed E-state index contributed by atoms with van der Waals surface area (Å²) in [5, 5.41) is 8.31. The number of amides is 1. The number of carbonyl (C=O) groups excluding carboxylic acids is 1. The minimum absolute atomic E-state index is 0.363. The van der Waals surface area contributed by atoms with Crippen LogP contribution in [0.2, 0.25) is 5.02 Å². The number of anilines is 1. The minimum Gasteiger partial charge on any atom is -0.444 e. The SMILES string of the molecule is CN(CCNc1cc(-c2ccccc2Cl)nc2c(Br)cnn12)C(=O)OC(C)(C)C. The van der Waals surface area contributed by atoms with Crippen molar-refractivity contribution in [2.45, 2.75) is 26.4 Å². The number of carbonyl (C=O) groups is 1. The first kappa shape index (κ1) is 21.4. The van der Waals surface area contributed by atoms with E-state index in [4.69, 9.17) is 16.3 Å². The number of aromatic nitrogens is 3. The van der Waals surface area contributed by atoms with E-state index in [1.165, 1.54) is 4.90 Å². The van der Waals surface area contributed by atoms with Crippen LogP contribution in [-0.4, -0.2) is 51.3 Å². The number of nitrogens with one attached hydrogen (secondary N) is 1. The van der Waals surface area contributed by atoms with Crippen LogP contribution in [0.5, 0.6) is 0 Å². The molecule has 2 heterocycles. The van der Waals surface area contributed by atoms with Crippen molar-refractivity contribution in [1.29, 1.82) is 0 Å². The molecule has 0 atom stereocenters. The number of likely N-dealkylation sites (N-methyl/N-ethyl adjacent to an activating group) is 1. The number of rotatable bonds is 5. The van der Waals surface area contributed by atoms with Gasteiger partial charge in [0.15, 0.2) is 5.65 Å². The first-order valence-corrected chi connectivity index (χ1v) is 10.3. The molecule has 0 radical (unpaired) electrons. The molecule has 0 aliphatic carbocycles. The van der Waals surface area contributed by atoms with Crippen molar-refractivity contribution < 1.29 is 9.53 Å². The van der Waals surface area contributed by atoms with Gasteiger partial charge in [0.1, 0.15) is 11.4 Å². The lowest BCUT2D eigenvalue weighted by molar-refractivity contribution is 0.0305. The topological polar surface area (TPSA) is 71.8 Å². The number of nitrogens with zero attached hydrogens (tertiary/aromatic N) is 4. The Hall–Kier alpha value is -2.32. The summed E-state index contributed by atoms with van der Waals surface area (Å²) < 4.78 is 7.86. The second-order valence-corrected chi connectivity index (χ2v) is 8.82. The van der Waals surface area contributed by atoms with E-state index in [1.54, 1.807) is 17.8 Å². The van der Waals surface area contributed by atoms with Crippen molar-refractivity contribution >= 4 is 45.1 Å². The average molecular weight is 481 g/mol. The van der Waals surface area contributed by atoms with Crippen molar-refractivity contribution in [3.05, 3.63) is 46.0 Å². The molecular weight excluding hydrogens is 458 g/mol. The third kappa shape index (κ3) is 5.19. The van der Waals surface area contributed by atoms with Gasteiger partial charge in [-0.3, -0.25) is 0 Å². The van der Waals surface area contributed by atoms with Crippen molar-refractivity contribution in [3.8, 4) is 11.3 Å². The van der Waals surface area contributed by atoms with Crippen LogP contribution >= 0.6 is 27.5 Å². The van der Waals surface area contributed by atoms with Crippen LogP contribution in [0.25, 0.3) is 16.9 Å². The monoisotopic (exact) mass is 479 g/mol. The molecule has 0 unspecified atom stereocenters. The number of hydrogen-bond donors (Lipinski definition) is 1. The Morgan fingerprint density at radius 1 is 1.34 bits per heavy atom. The van der Waals surface area contributed by atoms with Crippen LogP contribution in [0, 0.1) is 0 Å². The Morgan fingerprint density at radius 2 is 2.07 bits per heavy atom. The molecule has 0 aliphatic rings. The van der Waals surface area contributed by atoms with Crippen molar-refractivity contribution in [2.24, 2.45) is 0 Å². The molecule has 0 saturated heterocycles. The third-order valence-electron chi connectivity index (χ3n) is 4.04. The molecule has 9 heteroatoms. The average Bonchev–Trinajstić information content (AvgIpc) is 3.02. The molecule has 1 amide bonds. The highest BCUT2D eigenvalue weighted by Crippen LogP contribution is 2.30. The van der Waals surface area contributed by atoms with Crippen LogP contribution < -0.4 is 5.32 Å². The molecule has 0 saturated carbocycles. The summed E-state index contributed by atoms with van der Waals surface area (Å²) in [4.78, 5) is 18.3. The summed E-state index contributed by atoms with van der Waals surface area (Å²) >= 11 is 9.85. The fourth-order valence-corrected chi connectivity index (χ4v) is 3.23. The Labute approximate surface area is 183 Å². The lowest BCUT2D eigenvalue weighted by Gasteiger charge is -2.24. The second-order valence-electron chi connectivity index (χ2n) is 7.56. The van der Waals surface area contributed by atoms with Crippen LogP contribution in [0.1, 0.15) is 20.8 Å². The molecule has 29 heavy (non-hydrogen) atoms. The highest BCUT2D eigenvalue weighted by molar-refractivity contribution is 9.10. The van der Waals surface area contributed by atoms with Crippen molar-refractivity contribution in [1.82, 2.24) is 19.5 Å². The van der Waals surface area contributed by atoms with Gasteiger partial charge in [0, 0.05) is 36.8 Å². The van der Waals surface area contributed by atoms with Crippen LogP contribution in [0.3, 0.4) is 0 Å². The molecule has 154 valence electrons. The van der Waals surface area contributed by atoms with Gasteiger partial charge in [0.2, 0.25) is 0 Å². The van der Waals surface area contributed by atoms with E-state index >= 15 is 0 Å². The maximum atomic E-state index is 12.1. The summed E-state index contributed by atoms with van der Waals surface area (Å²) in [5.41, 5.74) is 1.71. The summed E-state index contributed by atoms with van der Waals surface area (Å²) in [6, 6.07) is 9.44. The second kappa shape index (κ2) is 8.59.